The summed E-state index contributed by atoms with van der Waals surface area (Å²) in [5.41, 5.74) is -0.603. The highest BCUT2D eigenvalue weighted by atomic mass is 16.3. The van der Waals surface area contributed by atoms with E-state index in [0.717, 1.165) is 0 Å². The number of aliphatic hydroxyl groups is 2. The van der Waals surface area contributed by atoms with E-state index in [4.69, 9.17) is 10.2 Å². The summed E-state index contributed by atoms with van der Waals surface area (Å²) in [5.74, 6) is 0. The predicted octanol–water partition coefficient (Wildman–Crippen LogP) is -2.38. The molecule has 0 spiro atoms. The highest BCUT2D eigenvalue weighted by Crippen LogP contribution is 1.54. The van der Waals surface area contributed by atoms with Crippen LogP contribution in [0.2, 0.25) is 0 Å². The molecule has 1 rings (SSSR count). The summed E-state index contributed by atoms with van der Waals surface area (Å²) < 4.78 is 0. The average Bonchev–Trinajstić information content (AvgIpc) is 2.24. The van der Waals surface area contributed by atoms with Gasteiger partial charge in [0, 0.05) is 25.2 Å². The second-order valence-corrected chi connectivity index (χ2v) is 2.51. The highest BCUT2D eigenvalue weighted by molar-refractivity contribution is 4.82. The Kier molecular flexibility index (Phi) is 8.25. The zero-order valence-corrected chi connectivity index (χ0v) is 8.19. The number of hydrogen-bond donors (Lipinski definition) is 5. The number of aromatic amines is 2. The van der Waals surface area contributed by atoms with E-state index in [0.29, 0.717) is 13.1 Å². The lowest BCUT2D eigenvalue weighted by Gasteiger charge is -1.94. The highest BCUT2D eigenvalue weighted by Gasteiger charge is 1.78. The van der Waals surface area contributed by atoms with Crippen molar-refractivity contribution >= 4 is 0 Å². The molecule has 0 unspecified atom stereocenters. The Morgan fingerprint density at radius 1 is 1.00 bits per heavy atom. The third-order valence-corrected chi connectivity index (χ3v) is 1.27. The van der Waals surface area contributed by atoms with Crippen molar-refractivity contribution in [3.8, 4) is 0 Å². The molecule has 7 nitrogen and oxygen atoms in total. The second kappa shape index (κ2) is 9.13. The number of rotatable bonds is 4. The number of aromatic nitrogens is 2. The molecule has 0 bridgehead atoms. The zero-order chi connectivity index (χ0) is 11.5. The molecule has 0 atom stereocenters. The van der Waals surface area contributed by atoms with E-state index in [2.05, 4.69) is 15.5 Å². The molecule has 0 fully saturated rings. The lowest BCUT2D eigenvalue weighted by Crippen LogP contribution is -2.21. The van der Waals surface area contributed by atoms with Crippen LogP contribution in [0.3, 0.4) is 0 Å². The lowest BCUT2D eigenvalue weighted by atomic mass is 10.6. The molecular formula is C8H15N3O4. The normalized spacial score (nSPS) is 9.20. The smallest absolute Gasteiger partial charge is 0.262 e. The van der Waals surface area contributed by atoms with Crippen molar-refractivity contribution in [2.75, 3.05) is 26.3 Å². The molecule has 5 N–H and O–H groups in total. The number of nitrogens with one attached hydrogen (secondary N) is 3. The minimum Gasteiger partial charge on any atom is -0.395 e. The maximum atomic E-state index is 10.2. The number of H-pyrrole nitrogens is 2. The summed E-state index contributed by atoms with van der Waals surface area (Å²) in [6.45, 7) is 1.42. The van der Waals surface area contributed by atoms with Crippen molar-refractivity contribution < 1.29 is 10.2 Å². The third kappa shape index (κ3) is 8.88. The first-order valence-electron chi connectivity index (χ1n) is 4.41. The summed E-state index contributed by atoms with van der Waals surface area (Å²) in [6, 6.07) is 2.33. The first kappa shape index (κ1) is 13.6. The van der Waals surface area contributed by atoms with E-state index in [9.17, 15) is 9.59 Å². The molecule has 7 heteroatoms. The Morgan fingerprint density at radius 3 is 1.67 bits per heavy atom. The van der Waals surface area contributed by atoms with Crippen molar-refractivity contribution in [3.63, 3.8) is 0 Å². The molecular weight excluding hydrogens is 202 g/mol. The van der Waals surface area contributed by atoms with Crippen LogP contribution in [0.5, 0.6) is 0 Å². The second-order valence-electron chi connectivity index (χ2n) is 2.51. The Labute approximate surface area is 85.8 Å². The minimum absolute atomic E-state index is 0.139. The predicted molar refractivity (Wildman–Crippen MR) is 54.7 cm³/mol. The molecule has 0 radical (unpaired) electrons. The van der Waals surface area contributed by atoms with Crippen LogP contribution in [-0.4, -0.2) is 46.7 Å². The van der Waals surface area contributed by atoms with E-state index in [1.54, 1.807) is 0 Å². The van der Waals surface area contributed by atoms with Gasteiger partial charge in [-0.3, -0.25) is 19.8 Å². The first-order chi connectivity index (χ1) is 7.20. The van der Waals surface area contributed by atoms with Crippen molar-refractivity contribution in [1.82, 2.24) is 15.5 Å². The van der Waals surface area contributed by atoms with Crippen LogP contribution in [0.1, 0.15) is 0 Å². The maximum Gasteiger partial charge on any atom is 0.262 e. The van der Waals surface area contributed by atoms with Gasteiger partial charge in [-0.05, 0) is 0 Å². The van der Waals surface area contributed by atoms with Gasteiger partial charge < -0.3 is 15.5 Å². The summed E-state index contributed by atoms with van der Waals surface area (Å²) in [5, 5.41) is 23.3. The molecule has 0 aromatic carbocycles. The van der Waals surface area contributed by atoms with Gasteiger partial charge in [0.2, 0.25) is 0 Å². The quantitative estimate of drug-likeness (QED) is 0.361. The molecule has 0 aliphatic rings. The van der Waals surface area contributed by atoms with Crippen LogP contribution < -0.4 is 16.4 Å². The van der Waals surface area contributed by atoms with Gasteiger partial charge in [0.15, 0.2) is 0 Å². The van der Waals surface area contributed by atoms with Gasteiger partial charge in [-0.25, -0.2) is 0 Å². The Hall–Kier alpha value is -1.44. The SMILES string of the molecule is O=c1ccc(=O)[nH][nH]1.OCCNCCO. The van der Waals surface area contributed by atoms with Crippen molar-refractivity contribution in [3.05, 3.63) is 32.8 Å². The molecule has 0 amide bonds. The molecule has 0 saturated carbocycles. The van der Waals surface area contributed by atoms with E-state index < -0.39 is 0 Å². The van der Waals surface area contributed by atoms with E-state index in [-0.39, 0.29) is 24.3 Å². The maximum absolute atomic E-state index is 10.2. The third-order valence-electron chi connectivity index (χ3n) is 1.27. The fourth-order valence-corrected chi connectivity index (χ4v) is 0.641. The molecule has 1 aromatic rings. The van der Waals surface area contributed by atoms with Crippen LogP contribution in [0.4, 0.5) is 0 Å². The Balaban J connectivity index is 0.000000265. The van der Waals surface area contributed by atoms with Crippen LogP contribution in [0, 0.1) is 0 Å². The number of aliphatic hydroxyl groups excluding tert-OH is 2. The molecule has 0 aliphatic heterocycles. The minimum atomic E-state index is -0.301. The van der Waals surface area contributed by atoms with E-state index in [1.165, 1.54) is 12.1 Å². The van der Waals surface area contributed by atoms with Gasteiger partial charge in [-0.1, -0.05) is 0 Å². The average molecular weight is 217 g/mol. The lowest BCUT2D eigenvalue weighted by molar-refractivity contribution is 0.267. The topological polar surface area (TPSA) is 118 Å². The van der Waals surface area contributed by atoms with E-state index >= 15 is 0 Å². The number of hydrogen-bond acceptors (Lipinski definition) is 5. The van der Waals surface area contributed by atoms with Gasteiger partial charge >= 0.3 is 0 Å². The van der Waals surface area contributed by atoms with Crippen LogP contribution >= 0.6 is 0 Å². The van der Waals surface area contributed by atoms with Crippen LogP contribution in [0.15, 0.2) is 21.7 Å². The molecule has 0 saturated heterocycles. The largest absolute Gasteiger partial charge is 0.395 e. The monoisotopic (exact) mass is 217 g/mol. The molecule has 15 heavy (non-hydrogen) atoms. The zero-order valence-electron chi connectivity index (χ0n) is 8.19. The van der Waals surface area contributed by atoms with Crippen LogP contribution in [-0.2, 0) is 0 Å². The van der Waals surface area contributed by atoms with Gasteiger partial charge in [-0.2, -0.15) is 0 Å². The van der Waals surface area contributed by atoms with Crippen molar-refractivity contribution in [2.24, 2.45) is 0 Å². The first-order valence-corrected chi connectivity index (χ1v) is 4.41. The molecule has 1 aromatic heterocycles. The molecule has 0 aliphatic carbocycles. The summed E-state index contributed by atoms with van der Waals surface area (Å²) >= 11 is 0. The Bertz CT molecular complexity index is 290. The molecule has 86 valence electrons. The van der Waals surface area contributed by atoms with Crippen molar-refractivity contribution in [2.45, 2.75) is 0 Å². The van der Waals surface area contributed by atoms with Crippen molar-refractivity contribution in [1.29, 1.82) is 0 Å². The Morgan fingerprint density at radius 2 is 1.40 bits per heavy atom. The summed E-state index contributed by atoms with van der Waals surface area (Å²) in [6.07, 6.45) is 0. The molecule has 1 heterocycles. The fraction of sp³-hybridized carbons (Fsp3) is 0.500. The van der Waals surface area contributed by atoms with Gasteiger partial charge in [0.1, 0.15) is 0 Å². The fourth-order valence-electron chi connectivity index (χ4n) is 0.641. The van der Waals surface area contributed by atoms with Gasteiger partial charge in [0.05, 0.1) is 13.2 Å². The standard InChI is InChI=1S/C4H4N2O2.C4H11NO2/c7-3-1-2-4(8)6-5-3;6-3-1-5-2-4-7/h1-2H,(H,5,7)(H,6,8);5-7H,1-4H2. The van der Waals surface area contributed by atoms with E-state index in [1.807, 2.05) is 0 Å². The summed E-state index contributed by atoms with van der Waals surface area (Å²) in [4.78, 5) is 20.4. The van der Waals surface area contributed by atoms with Crippen LogP contribution in [0.25, 0.3) is 0 Å². The summed E-state index contributed by atoms with van der Waals surface area (Å²) in [7, 11) is 0. The van der Waals surface area contributed by atoms with Gasteiger partial charge in [-0.15, -0.1) is 0 Å². The van der Waals surface area contributed by atoms with Gasteiger partial charge in [0.25, 0.3) is 11.1 Å².